The summed E-state index contributed by atoms with van der Waals surface area (Å²) >= 11 is 6.16. The topological polar surface area (TPSA) is 41.3 Å². The van der Waals surface area contributed by atoms with E-state index in [0.717, 1.165) is 43.3 Å². The van der Waals surface area contributed by atoms with Gasteiger partial charge in [-0.3, -0.25) is 4.90 Å². The van der Waals surface area contributed by atoms with Gasteiger partial charge in [0.1, 0.15) is 0 Å². The highest BCUT2D eigenvalue weighted by atomic mass is 35.5. The number of hydrogen-bond donors (Lipinski definition) is 2. The van der Waals surface area contributed by atoms with Crippen molar-refractivity contribution < 1.29 is 0 Å². The molecule has 0 aromatic heterocycles. The van der Waals surface area contributed by atoms with Gasteiger partial charge in [0.05, 0.1) is 0 Å². The Bertz CT molecular complexity index is 423. The quantitative estimate of drug-likeness (QED) is 0.809. The number of nitrogens with one attached hydrogen (secondary N) is 1. The van der Waals surface area contributed by atoms with Gasteiger partial charge in [0.15, 0.2) is 0 Å². The lowest BCUT2D eigenvalue weighted by Gasteiger charge is -2.39. The van der Waals surface area contributed by atoms with Crippen LogP contribution in [0.1, 0.15) is 31.9 Å². The fourth-order valence-electron chi connectivity index (χ4n) is 2.85. The normalized spacial score (nSPS) is 18.2. The number of nitrogens with zero attached hydrogens (tertiary/aromatic N) is 1. The highest BCUT2D eigenvalue weighted by Gasteiger charge is 2.27. The molecular weight excluding hydrogens is 329 g/mol. The number of anilines is 1. The van der Waals surface area contributed by atoms with Crippen LogP contribution < -0.4 is 11.1 Å². The number of piperazine rings is 1. The lowest BCUT2D eigenvalue weighted by Crippen LogP contribution is -2.46. The molecule has 122 valence electrons. The summed E-state index contributed by atoms with van der Waals surface area (Å²) in [5, 5.41) is 4.18. The van der Waals surface area contributed by atoms with E-state index >= 15 is 0 Å². The number of hydrogen-bond acceptors (Lipinski definition) is 3. The van der Waals surface area contributed by atoms with Crippen LogP contribution in [-0.2, 0) is 0 Å². The average Bonchev–Trinajstić information content (AvgIpc) is 2.44. The summed E-state index contributed by atoms with van der Waals surface area (Å²) in [7, 11) is 0. The molecule has 1 aliphatic heterocycles. The first kappa shape index (κ1) is 20.8. The van der Waals surface area contributed by atoms with Gasteiger partial charge < -0.3 is 11.1 Å². The van der Waals surface area contributed by atoms with Crippen LogP contribution in [0.3, 0.4) is 0 Å². The van der Waals surface area contributed by atoms with Crippen LogP contribution in [0.5, 0.6) is 0 Å². The third-order valence-electron chi connectivity index (χ3n) is 4.10. The molecule has 1 aliphatic rings. The molecule has 1 heterocycles. The number of nitrogen functional groups attached to an aromatic ring is 1. The molecule has 0 spiro atoms. The van der Waals surface area contributed by atoms with Crippen molar-refractivity contribution in [3.05, 3.63) is 28.8 Å². The first-order valence-corrected chi connectivity index (χ1v) is 7.51. The number of rotatable bonds is 4. The van der Waals surface area contributed by atoms with Gasteiger partial charge in [-0.2, -0.15) is 0 Å². The zero-order valence-corrected chi connectivity index (χ0v) is 15.0. The van der Waals surface area contributed by atoms with Crippen molar-refractivity contribution in [3.63, 3.8) is 0 Å². The van der Waals surface area contributed by atoms with Crippen LogP contribution in [0.15, 0.2) is 18.2 Å². The van der Waals surface area contributed by atoms with Crippen LogP contribution in [0, 0.1) is 5.92 Å². The molecule has 1 aromatic rings. The molecule has 0 radical (unpaired) electrons. The molecule has 2 rings (SSSR count). The van der Waals surface area contributed by atoms with Crippen molar-refractivity contribution in [3.8, 4) is 0 Å². The lowest BCUT2D eigenvalue weighted by molar-refractivity contribution is 0.129. The summed E-state index contributed by atoms with van der Waals surface area (Å²) in [6.07, 6.45) is 1.14. The molecule has 0 bridgehead atoms. The Hall–Kier alpha value is -0.190. The molecule has 21 heavy (non-hydrogen) atoms. The minimum atomic E-state index is 0. The highest BCUT2D eigenvalue weighted by molar-refractivity contribution is 6.30. The van der Waals surface area contributed by atoms with Gasteiger partial charge in [0, 0.05) is 42.9 Å². The predicted molar refractivity (Wildman–Crippen MR) is 97.0 cm³/mol. The van der Waals surface area contributed by atoms with Gasteiger partial charge in [-0.25, -0.2) is 0 Å². The molecule has 2 atom stereocenters. The minimum absolute atomic E-state index is 0. The maximum atomic E-state index is 6.19. The lowest BCUT2D eigenvalue weighted by atomic mass is 9.89. The van der Waals surface area contributed by atoms with Crippen molar-refractivity contribution in [2.24, 2.45) is 5.92 Å². The van der Waals surface area contributed by atoms with Crippen molar-refractivity contribution in [1.82, 2.24) is 10.2 Å². The van der Waals surface area contributed by atoms with E-state index in [-0.39, 0.29) is 24.8 Å². The van der Waals surface area contributed by atoms with E-state index in [1.54, 1.807) is 0 Å². The third-order valence-corrected chi connectivity index (χ3v) is 4.33. The Kier molecular flexibility index (Phi) is 9.66. The van der Waals surface area contributed by atoms with E-state index in [9.17, 15) is 0 Å². The summed E-state index contributed by atoms with van der Waals surface area (Å²) < 4.78 is 0. The first-order chi connectivity index (χ1) is 9.13. The largest absolute Gasteiger partial charge is 0.398 e. The standard InChI is InChI=1S/C15H24ClN3.2ClH/c1-3-11(2)15(19-8-6-18-7-9-19)13-10-12(16)4-5-14(13)17;;/h4-5,10-11,15,18H,3,6-9,17H2,1-2H3;2*1H/t11?,15-;;/m0../s1. The maximum Gasteiger partial charge on any atom is 0.0410 e. The van der Waals surface area contributed by atoms with Crippen LogP contribution in [0.25, 0.3) is 0 Å². The van der Waals surface area contributed by atoms with Gasteiger partial charge in [-0.1, -0.05) is 31.9 Å². The molecule has 0 saturated carbocycles. The Labute approximate surface area is 145 Å². The van der Waals surface area contributed by atoms with E-state index in [2.05, 4.69) is 24.1 Å². The zero-order valence-electron chi connectivity index (χ0n) is 12.6. The zero-order chi connectivity index (χ0) is 13.8. The summed E-state index contributed by atoms with van der Waals surface area (Å²) in [5.74, 6) is 0.568. The van der Waals surface area contributed by atoms with Crippen LogP contribution in [-0.4, -0.2) is 31.1 Å². The molecule has 0 aliphatic carbocycles. The van der Waals surface area contributed by atoms with Crippen molar-refractivity contribution >= 4 is 42.1 Å². The second-order valence-corrected chi connectivity index (χ2v) is 5.83. The number of halogens is 3. The predicted octanol–water partition coefficient (Wildman–Crippen LogP) is 3.76. The Morgan fingerprint density at radius 2 is 1.90 bits per heavy atom. The summed E-state index contributed by atoms with van der Waals surface area (Å²) in [5.41, 5.74) is 8.23. The average molecular weight is 355 g/mol. The molecule has 3 N–H and O–H groups in total. The molecule has 6 heteroatoms. The van der Waals surface area contributed by atoms with E-state index in [1.165, 1.54) is 5.56 Å². The monoisotopic (exact) mass is 353 g/mol. The summed E-state index contributed by atoms with van der Waals surface area (Å²) in [4.78, 5) is 2.53. The van der Waals surface area contributed by atoms with Crippen molar-refractivity contribution in [2.75, 3.05) is 31.9 Å². The van der Waals surface area contributed by atoms with E-state index in [4.69, 9.17) is 17.3 Å². The number of benzene rings is 1. The van der Waals surface area contributed by atoms with Gasteiger partial charge >= 0.3 is 0 Å². The SMILES string of the molecule is CCC(C)[C@@H](c1cc(Cl)ccc1N)N1CCNCC1.Cl.Cl. The van der Waals surface area contributed by atoms with Crippen LogP contribution in [0.2, 0.25) is 5.02 Å². The maximum absolute atomic E-state index is 6.19. The fourth-order valence-corrected chi connectivity index (χ4v) is 3.03. The fraction of sp³-hybridized carbons (Fsp3) is 0.600. The second kappa shape index (κ2) is 9.75. The molecule has 0 amide bonds. The van der Waals surface area contributed by atoms with Crippen LogP contribution >= 0.6 is 36.4 Å². The smallest absolute Gasteiger partial charge is 0.0410 e. The minimum Gasteiger partial charge on any atom is -0.398 e. The highest BCUT2D eigenvalue weighted by Crippen LogP contribution is 2.35. The molecule has 3 nitrogen and oxygen atoms in total. The molecule has 1 aromatic carbocycles. The number of nitrogens with two attached hydrogens (primary N) is 1. The van der Waals surface area contributed by atoms with Gasteiger partial charge in [-0.05, 0) is 29.7 Å². The third kappa shape index (κ3) is 5.19. The van der Waals surface area contributed by atoms with Crippen molar-refractivity contribution in [2.45, 2.75) is 26.3 Å². The van der Waals surface area contributed by atoms with E-state index in [1.807, 2.05) is 18.2 Å². The Morgan fingerprint density at radius 1 is 1.29 bits per heavy atom. The van der Waals surface area contributed by atoms with Gasteiger partial charge in [-0.15, -0.1) is 24.8 Å². The molecule has 1 unspecified atom stereocenters. The molecular formula is C15H26Cl3N3. The summed E-state index contributed by atoms with van der Waals surface area (Å²) in [6, 6.07) is 6.20. The van der Waals surface area contributed by atoms with Crippen LogP contribution in [0.4, 0.5) is 5.69 Å². The Morgan fingerprint density at radius 3 is 2.48 bits per heavy atom. The first-order valence-electron chi connectivity index (χ1n) is 7.13. The van der Waals surface area contributed by atoms with Crippen molar-refractivity contribution in [1.29, 1.82) is 0 Å². The second-order valence-electron chi connectivity index (χ2n) is 5.39. The van der Waals surface area contributed by atoms with Gasteiger partial charge in [0.2, 0.25) is 0 Å². The molecule has 1 saturated heterocycles. The van der Waals surface area contributed by atoms with E-state index in [0.29, 0.717) is 12.0 Å². The van der Waals surface area contributed by atoms with Gasteiger partial charge in [0.25, 0.3) is 0 Å². The summed E-state index contributed by atoms with van der Waals surface area (Å²) in [6.45, 7) is 8.77. The van der Waals surface area contributed by atoms with E-state index < -0.39 is 0 Å². The molecule has 1 fully saturated rings. The Balaban J connectivity index is 0.00000200.